The zero-order valence-corrected chi connectivity index (χ0v) is 11.0. The van der Waals surface area contributed by atoms with Crippen molar-refractivity contribution in [3.63, 3.8) is 0 Å². The Labute approximate surface area is 97.1 Å². The third-order valence-electron chi connectivity index (χ3n) is 2.83. The van der Waals surface area contributed by atoms with Crippen molar-refractivity contribution in [2.45, 2.75) is 45.2 Å². The highest BCUT2D eigenvalue weighted by Gasteiger charge is 2.27. The first-order chi connectivity index (χ1) is 7.09. The summed E-state index contributed by atoms with van der Waals surface area (Å²) in [5.41, 5.74) is 0.233. The van der Waals surface area contributed by atoms with Gasteiger partial charge in [-0.3, -0.25) is 4.99 Å². The summed E-state index contributed by atoms with van der Waals surface area (Å²) < 4.78 is 5.08. The van der Waals surface area contributed by atoms with Gasteiger partial charge in [0.1, 0.15) is 0 Å². The van der Waals surface area contributed by atoms with Gasteiger partial charge in [-0.1, -0.05) is 18.7 Å². The molecule has 0 aromatic carbocycles. The first-order valence-electron chi connectivity index (χ1n) is 5.57. The van der Waals surface area contributed by atoms with Crippen LogP contribution in [-0.2, 0) is 4.74 Å². The van der Waals surface area contributed by atoms with Gasteiger partial charge in [-0.05, 0) is 26.7 Å². The first-order valence-corrected chi connectivity index (χ1v) is 6.56. The number of nitrogens with zero attached hydrogens (tertiary/aromatic N) is 1. The van der Waals surface area contributed by atoms with Crippen molar-refractivity contribution in [2.75, 3.05) is 19.5 Å². The van der Waals surface area contributed by atoms with E-state index in [0.29, 0.717) is 6.61 Å². The Morgan fingerprint density at radius 3 is 3.00 bits per heavy atom. The lowest BCUT2D eigenvalue weighted by molar-refractivity contribution is 0.185. The van der Waals surface area contributed by atoms with Gasteiger partial charge in [0.15, 0.2) is 5.17 Å². The number of thioether (sulfide) groups is 1. The zero-order chi connectivity index (χ0) is 11.3. The molecule has 0 spiro atoms. The molecule has 1 rings (SSSR count). The summed E-state index contributed by atoms with van der Waals surface area (Å²) in [5.74, 6) is 1.16. The molecule has 0 aliphatic carbocycles. The molecular weight excluding hydrogens is 208 g/mol. The number of methoxy groups -OCH3 is 1. The molecule has 0 amide bonds. The summed E-state index contributed by atoms with van der Waals surface area (Å²) >= 11 is 1.82. The lowest BCUT2D eigenvalue weighted by Crippen LogP contribution is -2.48. The zero-order valence-electron chi connectivity index (χ0n) is 10.2. The number of nitrogens with one attached hydrogen (secondary N) is 1. The van der Waals surface area contributed by atoms with Crippen molar-refractivity contribution in [1.29, 1.82) is 0 Å². The predicted molar refractivity (Wildman–Crippen MR) is 67.7 cm³/mol. The number of hydrogen-bond donors (Lipinski definition) is 1. The van der Waals surface area contributed by atoms with Gasteiger partial charge in [0.05, 0.1) is 12.6 Å². The summed E-state index contributed by atoms with van der Waals surface area (Å²) in [6.07, 6.45) is 2.36. The number of aliphatic imine (C=N–C) groups is 1. The fraction of sp³-hybridized carbons (Fsp3) is 0.909. The maximum absolute atomic E-state index is 5.08. The summed E-state index contributed by atoms with van der Waals surface area (Å²) in [6, 6.07) is 0.240. The average molecular weight is 230 g/mol. The van der Waals surface area contributed by atoms with Crippen LogP contribution < -0.4 is 5.32 Å². The van der Waals surface area contributed by atoms with Crippen LogP contribution in [0.1, 0.15) is 33.6 Å². The topological polar surface area (TPSA) is 33.6 Å². The Balaban J connectivity index is 2.55. The third-order valence-corrected chi connectivity index (χ3v) is 3.72. The van der Waals surface area contributed by atoms with E-state index in [-0.39, 0.29) is 11.6 Å². The molecule has 3 nitrogen and oxygen atoms in total. The van der Waals surface area contributed by atoms with Crippen molar-refractivity contribution in [3.05, 3.63) is 0 Å². The summed E-state index contributed by atoms with van der Waals surface area (Å²) in [5, 5.41) is 4.61. The van der Waals surface area contributed by atoms with Crippen molar-refractivity contribution in [2.24, 2.45) is 4.99 Å². The van der Waals surface area contributed by atoms with Crippen LogP contribution in [0.25, 0.3) is 0 Å². The standard InChI is InChI=1S/C11H22N2OS/c1-5-11(3)6-7-15-10(13-11)12-9(2)8-14-4/h9H,5-8H2,1-4H3,(H,12,13). The lowest BCUT2D eigenvalue weighted by Gasteiger charge is -2.35. The molecule has 0 saturated carbocycles. The molecule has 1 aliphatic heterocycles. The third kappa shape index (κ3) is 4.03. The second-order valence-electron chi connectivity index (χ2n) is 4.38. The maximum Gasteiger partial charge on any atom is 0.157 e. The van der Waals surface area contributed by atoms with Gasteiger partial charge in [-0.25, -0.2) is 0 Å². The Kier molecular flexibility index (Phi) is 4.93. The van der Waals surface area contributed by atoms with E-state index in [0.717, 1.165) is 17.3 Å². The van der Waals surface area contributed by atoms with Gasteiger partial charge in [0.25, 0.3) is 0 Å². The number of rotatable bonds is 4. The molecule has 1 fully saturated rings. The average Bonchev–Trinajstić information content (AvgIpc) is 2.18. The molecule has 88 valence electrons. The van der Waals surface area contributed by atoms with Gasteiger partial charge in [0.2, 0.25) is 0 Å². The Hall–Kier alpha value is -0.220. The Morgan fingerprint density at radius 2 is 2.40 bits per heavy atom. The van der Waals surface area contributed by atoms with E-state index in [1.807, 2.05) is 11.8 Å². The second-order valence-corrected chi connectivity index (χ2v) is 5.46. The van der Waals surface area contributed by atoms with E-state index in [1.54, 1.807) is 7.11 Å². The normalized spacial score (nSPS) is 31.3. The molecular formula is C11H22N2OS. The molecule has 2 unspecified atom stereocenters. The van der Waals surface area contributed by atoms with Crippen LogP contribution in [0.2, 0.25) is 0 Å². The van der Waals surface area contributed by atoms with E-state index in [1.165, 1.54) is 6.42 Å². The predicted octanol–water partition coefficient (Wildman–Crippen LogP) is 2.27. The lowest BCUT2D eigenvalue weighted by atomic mass is 9.96. The maximum atomic E-state index is 5.08. The van der Waals surface area contributed by atoms with Crippen molar-refractivity contribution >= 4 is 16.9 Å². The first kappa shape index (κ1) is 12.8. The second kappa shape index (κ2) is 5.75. The minimum atomic E-state index is 0.233. The van der Waals surface area contributed by atoms with E-state index < -0.39 is 0 Å². The highest BCUT2D eigenvalue weighted by Crippen LogP contribution is 2.25. The van der Waals surface area contributed by atoms with Crippen LogP contribution in [0.5, 0.6) is 0 Å². The molecule has 1 saturated heterocycles. The molecule has 0 aromatic heterocycles. The van der Waals surface area contributed by atoms with Crippen LogP contribution >= 0.6 is 11.8 Å². The van der Waals surface area contributed by atoms with Crippen molar-refractivity contribution < 1.29 is 4.74 Å². The van der Waals surface area contributed by atoms with Gasteiger partial charge in [0, 0.05) is 18.4 Å². The fourth-order valence-corrected chi connectivity index (χ4v) is 2.86. The van der Waals surface area contributed by atoms with Crippen LogP contribution in [0.15, 0.2) is 4.99 Å². The van der Waals surface area contributed by atoms with Crippen LogP contribution in [0.3, 0.4) is 0 Å². The molecule has 15 heavy (non-hydrogen) atoms. The van der Waals surface area contributed by atoms with Gasteiger partial charge < -0.3 is 10.1 Å². The van der Waals surface area contributed by atoms with Crippen LogP contribution in [0.4, 0.5) is 0 Å². The van der Waals surface area contributed by atoms with E-state index >= 15 is 0 Å². The number of amidine groups is 1. The minimum Gasteiger partial charge on any atom is -0.382 e. The Bertz CT molecular complexity index is 233. The van der Waals surface area contributed by atoms with E-state index in [2.05, 4.69) is 31.1 Å². The van der Waals surface area contributed by atoms with Crippen molar-refractivity contribution in [3.8, 4) is 0 Å². The quantitative estimate of drug-likeness (QED) is 0.804. The SMILES string of the molecule is CCC1(C)CCSC(=NC(C)COC)N1. The highest BCUT2D eigenvalue weighted by atomic mass is 32.2. The fourth-order valence-electron chi connectivity index (χ4n) is 1.54. The molecule has 4 heteroatoms. The van der Waals surface area contributed by atoms with Crippen LogP contribution in [-0.4, -0.2) is 36.2 Å². The molecule has 0 bridgehead atoms. The minimum absolute atomic E-state index is 0.233. The van der Waals surface area contributed by atoms with Gasteiger partial charge in [-0.15, -0.1) is 0 Å². The van der Waals surface area contributed by atoms with E-state index in [4.69, 9.17) is 4.74 Å². The summed E-state index contributed by atoms with van der Waals surface area (Å²) in [4.78, 5) is 4.61. The van der Waals surface area contributed by atoms with E-state index in [9.17, 15) is 0 Å². The molecule has 1 heterocycles. The smallest absolute Gasteiger partial charge is 0.157 e. The molecule has 0 aromatic rings. The molecule has 1 aliphatic rings. The number of hydrogen-bond acceptors (Lipinski definition) is 3. The van der Waals surface area contributed by atoms with Gasteiger partial charge in [-0.2, -0.15) is 0 Å². The Morgan fingerprint density at radius 1 is 1.67 bits per heavy atom. The highest BCUT2D eigenvalue weighted by molar-refractivity contribution is 8.13. The summed E-state index contributed by atoms with van der Waals surface area (Å²) in [7, 11) is 1.72. The van der Waals surface area contributed by atoms with Crippen LogP contribution in [0, 0.1) is 0 Å². The molecule has 0 radical (unpaired) electrons. The van der Waals surface area contributed by atoms with Gasteiger partial charge >= 0.3 is 0 Å². The number of ether oxygens (including phenoxy) is 1. The summed E-state index contributed by atoms with van der Waals surface area (Å²) in [6.45, 7) is 7.26. The monoisotopic (exact) mass is 230 g/mol. The van der Waals surface area contributed by atoms with Crippen molar-refractivity contribution in [1.82, 2.24) is 5.32 Å². The molecule has 1 N–H and O–H groups in total. The molecule has 2 atom stereocenters. The largest absolute Gasteiger partial charge is 0.382 e.